The minimum atomic E-state index is 0.627. The third-order valence-electron chi connectivity index (χ3n) is 5.25. The predicted molar refractivity (Wildman–Crippen MR) is 114 cm³/mol. The van der Waals surface area contributed by atoms with Crippen LogP contribution in [0.5, 0.6) is 0 Å². The lowest BCUT2D eigenvalue weighted by molar-refractivity contribution is 0.0389. The summed E-state index contributed by atoms with van der Waals surface area (Å²) in [6, 6.07) is 4.14. The second-order valence-corrected chi connectivity index (χ2v) is 7.35. The van der Waals surface area contributed by atoms with Gasteiger partial charge in [0, 0.05) is 70.7 Å². The van der Waals surface area contributed by atoms with Gasteiger partial charge in [0.15, 0.2) is 5.96 Å². The van der Waals surface area contributed by atoms with Crippen LogP contribution in [0.2, 0.25) is 0 Å². The number of anilines is 1. The molecule has 0 unspecified atom stereocenters. The van der Waals surface area contributed by atoms with E-state index < -0.39 is 0 Å². The largest absolute Gasteiger partial charge is 0.379 e. The molecule has 1 aromatic rings. The second-order valence-electron chi connectivity index (χ2n) is 7.35. The van der Waals surface area contributed by atoms with E-state index in [2.05, 4.69) is 50.4 Å². The number of likely N-dealkylation sites (N-methyl/N-ethyl adjacent to an activating group) is 1. The second kappa shape index (κ2) is 11.2. The zero-order valence-corrected chi connectivity index (χ0v) is 17.4. The van der Waals surface area contributed by atoms with Crippen LogP contribution in [0.25, 0.3) is 0 Å². The van der Waals surface area contributed by atoms with Crippen molar-refractivity contribution < 1.29 is 4.74 Å². The number of aromatic nitrogens is 1. The summed E-state index contributed by atoms with van der Waals surface area (Å²) in [7, 11) is 2.17. The Balaban J connectivity index is 1.56. The lowest BCUT2D eigenvalue weighted by Crippen LogP contribution is -2.45. The van der Waals surface area contributed by atoms with Crippen molar-refractivity contribution in [2.45, 2.75) is 13.5 Å². The highest BCUT2D eigenvalue weighted by Crippen LogP contribution is 2.19. The molecule has 3 rings (SSSR count). The van der Waals surface area contributed by atoms with E-state index in [0.29, 0.717) is 6.54 Å². The predicted octanol–water partition coefficient (Wildman–Crippen LogP) is 0.221. The van der Waals surface area contributed by atoms with Crippen LogP contribution in [0.15, 0.2) is 23.3 Å². The van der Waals surface area contributed by atoms with E-state index in [1.165, 1.54) is 5.56 Å². The molecule has 28 heavy (non-hydrogen) atoms. The minimum absolute atomic E-state index is 0.627. The monoisotopic (exact) mass is 389 g/mol. The van der Waals surface area contributed by atoms with Crippen LogP contribution in [-0.4, -0.2) is 99.9 Å². The van der Waals surface area contributed by atoms with Crippen LogP contribution in [0.4, 0.5) is 5.82 Å². The first-order valence-corrected chi connectivity index (χ1v) is 10.5. The Morgan fingerprint density at radius 1 is 1.14 bits per heavy atom. The standard InChI is InChI=1S/C20H35N7O/c1-3-21-20(23-7-8-26-13-15-28-16-14-26)24-17-18-5-4-6-22-19(18)27-11-9-25(2)10-12-27/h4-6H,3,7-17H2,1-2H3,(H2,21,23,24). The molecule has 0 aliphatic carbocycles. The quantitative estimate of drug-likeness (QED) is 0.511. The highest BCUT2D eigenvalue weighted by molar-refractivity contribution is 5.79. The number of piperazine rings is 1. The molecule has 2 fully saturated rings. The lowest BCUT2D eigenvalue weighted by Gasteiger charge is -2.34. The number of ether oxygens (including phenoxy) is 1. The lowest BCUT2D eigenvalue weighted by atomic mass is 10.2. The summed E-state index contributed by atoms with van der Waals surface area (Å²) in [6.07, 6.45) is 1.88. The van der Waals surface area contributed by atoms with Crippen molar-refractivity contribution in [1.29, 1.82) is 0 Å². The Bertz CT molecular complexity index is 610. The molecule has 0 saturated carbocycles. The average molecular weight is 390 g/mol. The van der Waals surface area contributed by atoms with E-state index in [4.69, 9.17) is 9.73 Å². The molecule has 2 N–H and O–H groups in total. The van der Waals surface area contributed by atoms with Gasteiger partial charge >= 0.3 is 0 Å². The van der Waals surface area contributed by atoms with Crippen molar-refractivity contribution >= 4 is 11.8 Å². The molecule has 2 aliphatic rings. The number of aliphatic imine (C=N–C) groups is 1. The molecule has 0 amide bonds. The Morgan fingerprint density at radius 2 is 1.93 bits per heavy atom. The number of guanidine groups is 1. The van der Waals surface area contributed by atoms with Crippen LogP contribution in [0, 0.1) is 0 Å². The summed E-state index contributed by atoms with van der Waals surface area (Å²) >= 11 is 0. The summed E-state index contributed by atoms with van der Waals surface area (Å²) in [5, 5.41) is 6.81. The van der Waals surface area contributed by atoms with Crippen LogP contribution < -0.4 is 15.5 Å². The summed E-state index contributed by atoms with van der Waals surface area (Å²) in [4.78, 5) is 16.6. The van der Waals surface area contributed by atoms with Gasteiger partial charge < -0.3 is 25.2 Å². The molecule has 1 aromatic heterocycles. The van der Waals surface area contributed by atoms with Crippen molar-refractivity contribution in [3.8, 4) is 0 Å². The maximum atomic E-state index is 5.41. The van der Waals surface area contributed by atoms with Gasteiger partial charge in [0.05, 0.1) is 19.8 Å². The Labute approximate surface area is 169 Å². The van der Waals surface area contributed by atoms with Crippen molar-refractivity contribution in [1.82, 2.24) is 25.4 Å². The molecule has 0 radical (unpaired) electrons. The Hall–Kier alpha value is -1.90. The maximum Gasteiger partial charge on any atom is 0.191 e. The number of nitrogens with zero attached hydrogens (tertiary/aromatic N) is 5. The van der Waals surface area contributed by atoms with Crippen LogP contribution in [0.3, 0.4) is 0 Å². The molecule has 0 atom stereocenters. The van der Waals surface area contributed by atoms with Gasteiger partial charge in [0.1, 0.15) is 5.82 Å². The third-order valence-corrected chi connectivity index (χ3v) is 5.25. The maximum absolute atomic E-state index is 5.41. The summed E-state index contributed by atoms with van der Waals surface area (Å²) < 4.78 is 5.41. The van der Waals surface area contributed by atoms with Gasteiger partial charge in [-0.1, -0.05) is 6.07 Å². The highest BCUT2D eigenvalue weighted by atomic mass is 16.5. The molecular formula is C20H35N7O. The first kappa shape index (κ1) is 20.8. The number of hydrogen-bond donors (Lipinski definition) is 2. The number of pyridine rings is 1. The number of morpholine rings is 1. The third kappa shape index (κ3) is 6.32. The highest BCUT2D eigenvalue weighted by Gasteiger charge is 2.18. The first-order valence-electron chi connectivity index (χ1n) is 10.5. The van der Waals surface area contributed by atoms with E-state index in [0.717, 1.165) is 83.9 Å². The summed E-state index contributed by atoms with van der Waals surface area (Å²) in [6.45, 7) is 13.3. The number of nitrogens with one attached hydrogen (secondary N) is 2. The van der Waals surface area contributed by atoms with E-state index in [1.807, 2.05) is 12.3 Å². The van der Waals surface area contributed by atoms with Crippen molar-refractivity contribution in [2.24, 2.45) is 4.99 Å². The minimum Gasteiger partial charge on any atom is -0.379 e. The molecule has 8 nitrogen and oxygen atoms in total. The van der Waals surface area contributed by atoms with Crippen LogP contribution in [0.1, 0.15) is 12.5 Å². The van der Waals surface area contributed by atoms with E-state index in [1.54, 1.807) is 0 Å². The molecule has 3 heterocycles. The molecule has 8 heteroatoms. The van der Waals surface area contributed by atoms with Gasteiger partial charge in [-0.3, -0.25) is 4.90 Å². The van der Waals surface area contributed by atoms with Crippen LogP contribution >= 0.6 is 0 Å². The Morgan fingerprint density at radius 3 is 2.68 bits per heavy atom. The fourth-order valence-electron chi connectivity index (χ4n) is 3.52. The fraction of sp³-hybridized carbons (Fsp3) is 0.700. The van der Waals surface area contributed by atoms with Gasteiger partial charge in [-0.05, 0) is 20.0 Å². The average Bonchev–Trinajstić information content (AvgIpc) is 2.74. The SMILES string of the molecule is CCNC(=NCc1cccnc1N1CCN(C)CC1)NCCN1CCOCC1. The molecule has 156 valence electrons. The molecule has 2 saturated heterocycles. The fourth-order valence-corrected chi connectivity index (χ4v) is 3.52. The molecule has 0 aromatic carbocycles. The smallest absolute Gasteiger partial charge is 0.191 e. The first-order chi connectivity index (χ1) is 13.8. The van der Waals surface area contributed by atoms with Crippen LogP contribution in [-0.2, 0) is 11.3 Å². The molecule has 0 bridgehead atoms. The van der Waals surface area contributed by atoms with Gasteiger partial charge in [0.25, 0.3) is 0 Å². The van der Waals surface area contributed by atoms with Crippen molar-refractivity contribution in [3.63, 3.8) is 0 Å². The normalized spacial score (nSPS) is 19.6. The van der Waals surface area contributed by atoms with Crippen molar-refractivity contribution in [2.75, 3.05) is 84.1 Å². The van der Waals surface area contributed by atoms with E-state index in [9.17, 15) is 0 Å². The summed E-state index contributed by atoms with van der Waals surface area (Å²) in [5.41, 5.74) is 1.18. The topological polar surface area (TPSA) is 68.3 Å². The number of hydrogen-bond acceptors (Lipinski definition) is 6. The molecule has 0 spiro atoms. The summed E-state index contributed by atoms with van der Waals surface area (Å²) in [5.74, 6) is 1.94. The van der Waals surface area contributed by atoms with Crippen molar-refractivity contribution in [3.05, 3.63) is 23.9 Å². The van der Waals surface area contributed by atoms with Gasteiger partial charge in [-0.2, -0.15) is 0 Å². The van der Waals surface area contributed by atoms with E-state index in [-0.39, 0.29) is 0 Å². The van der Waals surface area contributed by atoms with Gasteiger partial charge in [-0.15, -0.1) is 0 Å². The number of rotatable bonds is 7. The zero-order valence-electron chi connectivity index (χ0n) is 17.4. The Kier molecular flexibility index (Phi) is 8.32. The van der Waals surface area contributed by atoms with E-state index >= 15 is 0 Å². The van der Waals surface area contributed by atoms with Gasteiger partial charge in [-0.25, -0.2) is 9.98 Å². The molecule has 2 aliphatic heterocycles. The molecular weight excluding hydrogens is 354 g/mol. The van der Waals surface area contributed by atoms with Gasteiger partial charge in [0.2, 0.25) is 0 Å². The zero-order chi connectivity index (χ0) is 19.6.